The van der Waals surface area contributed by atoms with Crippen molar-refractivity contribution in [1.29, 1.82) is 0 Å². The molecule has 0 fully saturated rings. The normalized spacial score (nSPS) is 13.1. The number of hydrogen-bond donors (Lipinski definition) is 2. The molecule has 1 aromatic carbocycles. The van der Waals surface area contributed by atoms with Gasteiger partial charge in [-0.15, -0.1) is 0 Å². The predicted octanol–water partition coefficient (Wildman–Crippen LogP) is 7.39. The van der Waals surface area contributed by atoms with Crippen LogP contribution >= 0.6 is 7.82 Å². The van der Waals surface area contributed by atoms with Gasteiger partial charge < -0.3 is 24.1 Å². The molecule has 2 N–H and O–H groups in total. The summed E-state index contributed by atoms with van der Waals surface area (Å²) in [6, 6.07) is 8.13. The zero-order chi connectivity index (χ0) is 35.0. The van der Waals surface area contributed by atoms with E-state index in [4.69, 9.17) is 22.9 Å². The van der Waals surface area contributed by atoms with E-state index >= 15 is 0 Å². The maximum absolute atomic E-state index is 12.4. The summed E-state index contributed by atoms with van der Waals surface area (Å²) in [5.74, 6) is -1.63. The third-order valence-corrected chi connectivity index (χ3v) is 8.74. The van der Waals surface area contributed by atoms with Crippen LogP contribution < -0.4 is 10.9 Å². The first-order chi connectivity index (χ1) is 23.1. The number of phosphoric ester groups is 1. The van der Waals surface area contributed by atoms with E-state index in [0.29, 0.717) is 11.0 Å². The number of carbonyl (C=O) groups is 3. The maximum atomic E-state index is 12.4. The molecule has 13 heteroatoms. The van der Waals surface area contributed by atoms with E-state index in [0.717, 1.165) is 25.7 Å². The van der Waals surface area contributed by atoms with Crippen LogP contribution in [0.5, 0.6) is 0 Å². The van der Waals surface area contributed by atoms with E-state index in [1.807, 2.05) is 0 Å². The van der Waals surface area contributed by atoms with Crippen molar-refractivity contribution in [2.75, 3.05) is 26.4 Å². The number of carbonyl (C=O) groups excluding carboxylic acids is 3. The lowest BCUT2D eigenvalue weighted by Gasteiger charge is -2.19. The number of para-hydroxylation sites is 1. The standard InChI is InChI=1S/C35H54NO11P/c1-3-5-6-7-8-9-10-11-12-13-14-15-16-21-33(38)43-27-29(46-32(37)4-2)22-24-44-48(41,42)45-25-23-36-34(39)30-26-28-19-17-18-20-31(28)47-35(30)40/h17-20,26,29H,3-16,21-25,27H2,1-2H3,(H,36,39)(H,41,42). The van der Waals surface area contributed by atoms with E-state index in [2.05, 4.69) is 12.2 Å². The number of phosphoric acid groups is 1. The highest BCUT2D eigenvalue weighted by atomic mass is 31.2. The van der Waals surface area contributed by atoms with E-state index in [-0.39, 0.29) is 51.2 Å². The molecule has 0 aliphatic rings. The largest absolute Gasteiger partial charge is 0.472 e. The smallest absolute Gasteiger partial charge is 0.462 e. The zero-order valence-corrected chi connectivity index (χ0v) is 29.5. The molecular formula is C35H54NO11P. The summed E-state index contributed by atoms with van der Waals surface area (Å²) in [6.07, 6.45) is 15.2. The molecule has 1 amide bonds. The van der Waals surface area contributed by atoms with Crippen molar-refractivity contribution < 1.29 is 46.8 Å². The number of hydrogen-bond acceptors (Lipinski definition) is 10. The molecule has 0 saturated carbocycles. The van der Waals surface area contributed by atoms with Gasteiger partial charge in [0.15, 0.2) is 0 Å². The van der Waals surface area contributed by atoms with Crippen molar-refractivity contribution in [1.82, 2.24) is 5.32 Å². The fraction of sp³-hybridized carbons (Fsp3) is 0.657. The second-order valence-corrected chi connectivity index (χ2v) is 13.3. The van der Waals surface area contributed by atoms with Gasteiger partial charge in [0.05, 0.1) is 13.2 Å². The average Bonchev–Trinajstić information content (AvgIpc) is 3.07. The van der Waals surface area contributed by atoms with Crippen molar-refractivity contribution in [3.63, 3.8) is 0 Å². The first-order valence-electron chi connectivity index (χ1n) is 17.4. The molecule has 0 bridgehead atoms. The third kappa shape index (κ3) is 17.9. The summed E-state index contributed by atoms with van der Waals surface area (Å²) in [6.45, 7) is 2.76. The Bertz CT molecular complexity index is 1350. The van der Waals surface area contributed by atoms with Crippen LogP contribution in [0.15, 0.2) is 39.5 Å². The fourth-order valence-electron chi connectivity index (χ4n) is 4.97. The first kappa shape index (κ1) is 41.1. The average molecular weight is 696 g/mol. The monoisotopic (exact) mass is 695 g/mol. The molecule has 2 aromatic rings. The Morgan fingerprint density at radius 3 is 2.10 bits per heavy atom. The number of benzene rings is 1. The van der Waals surface area contributed by atoms with Gasteiger partial charge in [-0.1, -0.05) is 109 Å². The summed E-state index contributed by atoms with van der Waals surface area (Å²) in [5, 5.41) is 3.00. The molecule has 12 nitrogen and oxygen atoms in total. The molecule has 270 valence electrons. The molecule has 0 aliphatic carbocycles. The van der Waals surface area contributed by atoms with Gasteiger partial charge in [-0.05, 0) is 18.6 Å². The summed E-state index contributed by atoms with van der Waals surface area (Å²) in [4.78, 5) is 58.7. The summed E-state index contributed by atoms with van der Waals surface area (Å²) in [5.41, 5.74) is -0.683. The summed E-state index contributed by atoms with van der Waals surface area (Å²) in [7, 11) is -4.52. The Hall–Kier alpha value is -3.05. The first-order valence-corrected chi connectivity index (χ1v) is 18.9. The molecule has 0 saturated heterocycles. The van der Waals surface area contributed by atoms with Crippen LogP contribution in [0.3, 0.4) is 0 Å². The van der Waals surface area contributed by atoms with E-state index < -0.39 is 37.4 Å². The lowest BCUT2D eigenvalue weighted by atomic mass is 10.0. The number of nitrogens with one attached hydrogen (secondary N) is 1. The minimum atomic E-state index is -4.52. The van der Waals surface area contributed by atoms with Crippen LogP contribution in [-0.2, 0) is 32.7 Å². The summed E-state index contributed by atoms with van der Waals surface area (Å²) < 4.78 is 37.9. The van der Waals surface area contributed by atoms with Gasteiger partial charge in [0.1, 0.15) is 23.9 Å². The van der Waals surface area contributed by atoms with Gasteiger partial charge in [0.25, 0.3) is 5.91 Å². The number of unbranched alkanes of at least 4 members (excludes halogenated alkanes) is 12. The van der Waals surface area contributed by atoms with Crippen molar-refractivity contribution in [2.24, 2.45) is 0 Å². The zero-order valence-electron chi connectivity index (χ0n) is 28.6. The molecule has 0 spiro atoms. The van der Waals surface area contributed by atoms with Gasteiger partial charge >= 0.3 is 25.4 Å². The van der Waals surface area contributed by atoms with Crippen molar-refractivity contribution >= 4 is 36.6 Å². The van der Waals surface area contributed by atoms with Gasteiger partial charge in [-0.25, -0.2) is 9.36 Å². The highest BCUT2D eigenvalue weighted by Crippen LogP contribution is 2.43. The van der Waals surface area contributed by atoms with Crippen molar-refractivity contribution in [3.8, 4) is 0 Å². The van der Waals surface area contributed by atoms with E-state index in [9.17, 15) is 28.6 Å². The minimum Gasteiger partial charge on any atom is -0.462 e. The fourth-order valence-corrected chi connectivity index (χ4v) is 5.70. The molecule has 1 heterocycles. The second-order valence-electron chi connectivity index (χ2n) is 11.8. The van der Waals surface area contributed by atoms with E-state index in [1.54, 1.807) is 31.2 Å². The van der Waals surface area contributed by atoms with Crippen LogP contribution in [0, 0.1) is 0 Å². The Kier molecular flexibility index (Phi) is 20.7. The van der Waals surface area contributed by atoms with Crippen LogP contribution in [0.2, 0.25) is 0 Å². The minimum absolute atomic E-state index is 0.0137. The van der Waals surface area contributed by atoms with Gasteiger partial charge in [0.2, 0.25) is 0 Å². The maximum Gasteiger partial charge on any atom is 0.472 e. The highest BCUT2D eigenvalue weighted by molar-refractivity contribution is 7.47. The number of ether oxygens (including phenoxy) is 2. The van der Waals surface area contributed by atoms with Crippen LogP contribution in [-0.4, -0.2) is 55.2 Å². The Morgan fingerprint density at radius 2 is 1.46 bits per heavy atom. The molecular weight excluding hydrogens is 641 g/mol. The number of esters is 2. The van der Waals surface area contributed by atoms with Gasteiger partial charge in [0, 0.05) is 31.2 Å². The third-order valence-electron chi connectivity index (χ3n) is 7.72. The Morgan fingerprint density at radius 1 is 0.854 bits per heavy atom. The van der Waals surface area contributed by atoms with Gasteiger partial charge in [-0.2, -0.15) is 0 Å². The lowest BCUT2D eigenvalue weighted by molar-refractivity contribution is -0.159. The van der Waals surface area contributed by atoms with Crippen molar-refractivity contribution in [3.05, 3.63) is 46.3 Å². The van der Waals surface area contributed by atoms with Crippen LogP contribution in [0.1, 0.15) is 127 Å². The molecule has 0 aliphatic heterocycles. The lowest BCUT2D eigenvalue weighted by Crippen LogP contribution is -2.30. The molecule has 2 unspecified atom stereocenters. The SMILES string of the molecule is CCCCCCCCCCCCCCCC(=O)OCC(CCOP(=O)(O)OCCNC(=O)c1cc2ccccc2oc1=O)OC(=O)CC. The Balaban J connectivity index is 1.60. The summed E-state index contributed by atoms with van der Waals surface area (Å²) >= 11 is 0. The number of rotatable bonds is 27. The molecule has 2 atom stereocenters. The number of amides is 1. The number of fused-ring (bicyclic) bond motifs is 1. The van der Waals surface area contributed by atoms with E-state index in [1.165, 1.54) is 63.9 Å². The van der Waals surface area contributed by atoms with Crippen LogP contribution in [0.4, 0.5) is 0 Å². The Labute approximate surface area is 283 Å². The molecule has 1 aromatic heterocycles. The predicted molar refractivity (Wildman–Crippen MR) is 183 cm³/mol. The molecule has 2 rings (SSSR count). The molecule has 48 heavy (non-hydrogen) atoms. The topological polar surface area (TPSA) is 168 Å². The van der Waals surface area contributed by atoms with Crippen molar-refractivity contribution in [2.45, 2.75) is 123 Å². The second kappa shape index (κ2) is 24.1. The molecule has 0 radical (unpaired) electrons. The highest BCUT2D eigenvalue weighted by Gasteiger charge is 2.24. The van der Waals surface area contributed by atoms with Gasteiger partial charge in [-0.3, -0.25) is 23.4 Å². The van der Waals surface area contributed by atoms with Crippen LogP contribution in [0.25, 0.3) is 11.0 Å². The quantitative estimate of drug-likeness (QED) is 0.0414.